The van der Waals surface area contributed by atoms with Crippen molar-refractivity contribution in [1.29, 1.82) is 0 Å². The highest BCUT2D eigenvalue weighted by Gasteiger charge is 2.27. The maximum atomic E-state index is 11.4. The number of imide groups is 1. The summed E-state index contributed by atoms with van der Waals surface area (Å²) in [6, 6.07) is 4.42. The molecule has 0 atom stereocenters. The number of carbonyl (C=O) groups is 2. The molecule has 0 radical (unpaired) electrons. The molecule has 1 heterocycles. The minimum atomic E-state index is -0.608. The van der Waals surface area contributed by atoms with E-state index in [9.17, 15) is 19.7 Å². The summed E-state index contributed by atoms with van der Waals surface area (Å²) in [6.45, 7) is 1.75. The zero-order valence-electron chi connectivity index (χ0n) is 8.89. The van der Waals surface area contributed by atoms with Crippen LogP contribution in [0, 0.1) is 17.0 Å². The highest BCUT2D eigenvalue weighted by molar-refractivity contribution is 6.34. The molecule has 0 aromatic heterocycles. The van der Waals surface area contributed by atoms with Gasteiger partial charge >= 0.3 is 0 Å². The van der Waals surface area contributed by atoms with E-state index < -0.39 is 16.7 Å². The van der Waals surface area contributed by atoms with Crippen LogP contribution in [0.2, 0.25) is 0 Å². The van der Waals surface area contributed by atoms with Crippen LogP contribution in [0.3, 0.4) is 0 Å². The lowest BCUT2D eigenvalue weighted by molar-refractivity contribution is -0.385. The minimum Gasteiger partial charge on any atom is -0.289 e. The molecule has 0 saturated heterocycles. The Labute approximate surface area is 96.1 Å². The molecular weight excluding hydrogens is 224 g/mol. The van der Waals surface area contributed by atoms with Crippen LogP contribution in [0.4, 0.5) is 5.69 Å². The van der Waals surface area contributed by atoms with Crippen molar-refractivity contribution in [3.63, 3.8) is 0 Å². The van der Waals surface area contributed by atoms with Crippen LogP contribution in [0.1, 0.15) is 11.1 Å². The zero-order chi connectivity index (χ0) is 12.6. The number of aryl methyl sites for hydroxylation is 1. The Kier molecular flexibility index (Phi) is 2.47. The smallest absolute Gasteiger partial charge is 0.277 e. The van der Waals surface area contributed by atoms with Gasteiger partial charge in [-0.1, -0.05) is 11.6 Å². The third-order valence-corrected chi connectivity index (χ3v) is 2.40. The Balaban J connectivity index is 2.62. The van der Waals surface area contributed by atoms with Gasteiger partial charge in [-0.15, -0.1) is 0 Å². The summed E-state index contributed by atoms with van der Waals surface area (Å²) >= 11 is 0. The molecule has 0 bridgehead atoms. The third kappa shape index (κ3) is 1.92. The molecule has 6 heteroatoms. The first kappa shape index (κ1) is 11.0. The first-order chi connectivity index (χ1) is 7.99. The minimum absolute atomic E-state index is 0.0328. The van der Waals surface area contributed by atoms with Crippen LogP contribution in [-0.4, -0.2) is 16.7 Å². The van der Waals surface area contributed by atoms with E-state index in [-0.39, 0.29) is 16.8 Å². The van der Waals surface area contributed by atoms with Crippen LogP contribution >= 0.6 is 0 Å². The summed E-state index contributed by atoms with van der Waals surface area (Å²) in [5.74, 6) is -1.16. The fourth-order valence-corrected chi connectivity index (χ4v) is 1.64. The standard InChI is InChI=1S/C11H8N2O4/c1-6-2-3-9(13(16)17)7(4-6)8-5-10(14)12-11(8)15/h2-5H,1H3,(H,12,14,15). The van der Waals surface area contributed by atoms with Gasteiger partial charge in [0, 0.05) is 12.1 Å². The Morgan fingerprint density at radius 2 is 2.00 bits per heavy atom. The molecule has 0 aliphatic carbocycles. The van der Waals surface area contributed by atoms with Gasteiger partial charge in [0.25, 0.3) is 17.5 Å². The van der Waals surface area contributed by atoms with E-state index >= 15 is 0 Å². The molecule has 0 spiro atoms. The molecule has 1 N–H and O–H groups in total. The van der Waals surface area contributed by atoms with Crippen LogP contribution in [0.15, 0.2) is 24.3 Å². The Morgan fingerprint density at radius 1 is 1.29 bits per heavy atom. The third-order valence-electron chi connectivity index (χ3n) is 2.40. The van der Waals surface area contributed by atoms with Crippen molar-refractivity contribution in [2.75, 3.05) is 0 Å². The van der Waals surface area contributed by atoms with Gasteiger partial charge in [0.2, 0.25) is 0 Å². The molecule has 0 saturated carbocycles. The highest BCUT2D eigenvalue weighted by atomic mass is 16.6. The number of benzene rings is 1. The number of nitrogens with zero attached hydrogens (tertiary/aromatic N) is 1. The summed E-state index contributed by atoms with van der Waals surface area (Å²) < 4.78 is 0. The van der Waals surface area contributed by atoms with Crippen LogP contribution in [0.25, 0.3) is 5.57 Å². The van der Waals surface area contributed by atoms with Gasteiger partial charge in [-0.3, -0.25) is 25.0 Å². The van der Waals surface area contributed by atoms with Gasteiger partial charge in [0.15, 0.2) is 0 Å². The summed E-state index contributed by atoms with van der Waals surface area (Å²) in [5, 5.41) is 12.9. The largest absolute Gasteiger partial charge is 0.289 e. The number of rotatable bonds is 2. The van der Waals surface area contributed by atoms with Crippen LogP contribution in [-0.2, 0) is 9.59 Å². The van der Waals surface area contributed by atoms with Gasteiger partial charge in [0.05, 0.1) is 16.1 Å². The Morgan fingerprint density at radius 3 is 2.53 bits per heavy atom. The van der Waals surface area contributed by atoms with E-state index in [0.717, 1.165) is 11.6 Å². The van der Waals surface area contributed by atoms with Crippen molar-refractivity contribution in [2.45, 2.75) is 6.92 Å². The summed E-state index contributed by atoms with van der Waals surface area (Å²) in [6.07, 6.45) is 1.07. The molecule has 17 heavy (non-hydrogen) atoms. The van der Waals surface area contributed by atoms with Crippen molar-refractivity contribution < 1.29 is 14.5 Å². The first-order valence-corrected chi connectivity index (χ1v) is 4.81. The van der Waals surface area contributed by atoms with Gasteiger partial charge in [-0.25, -0.2) is 0 Å². The monoisotopic (exact) mass is 232 g/mol. The second-order valence-electron chi connectivity index (χ2n) is 3.65. The topological polar surface area (TPSA) is 89.3 Å². The van der Waals surface area contributed by atoms with Crippen molar-refractivity contribution in [3.05, 3.63) is 45.5 Å². The second kappa shape index (κ2) is 3.82. The summed E-state index contributed by atoms with van der Waals surface area (Å²) in [4.78, 5) is 32.7. The molecule has 86 valence electrons. The molecule has 2 amide bonds. The van der Waals surface area contributed by atoms with E-state index in [1.807, 2.05) is 0 Å². The van der Waals surface area contributed by atoms with E-state index in [0.29, 0.717) is 0 Å². The molecule has 1 aromatic carbocycles. The van der Waals surface area contributed by atoms with E-state index in [4.69, 9.17) is 0 Å². The number of amides is 2. The Bertz CT molecular complexity index is 575. The molecular formula is C11H8N2O4. The molecule has 0 fully saturated rings. The van der Waals surface area contributed by atoms with Crippen molar-refractivity contribution in [1.82, 2.24) is 5.32 Å². The van der Waals surface area contributed by atoms with Gasteiger partial charge in [-0.05, 0) is 13.0 Å². The van der Waals surface area contributed by atoms with E-state index in [1.54, 1.807) is 13.0 Å². The average Bonchev–Trinajstić information content (AvgIpc) is 2.57. The van der Waals surface area contributed by atoms with Crippen molar-refractivity contribution in [3.8, 4) is 0 Å². The predicted octanol–water partition coefficient (Wildman–Crippen LogP) is 0.943. The number of hydrogen-bond donors (Lipinski definition) is 1. The van der Waals surface area contributed by atoms with E-state index in [2.05, 4.69) is 5.32 Å². The quantitative estimate of drug-likeness (QED) is 0.467. The number of hydrogen-bond acceptors (Lipinski definition) is 4. The highest BCUT2D eigenvalue weighted by Crippen LogP contribution is 2.28. The first-order valence-electron chi connectivity index (χ1n) is 4.81. The van der Waals surface area contributed by atoms with Crippen molar-refractivity contribution >= 4 is 23.1 Å². The zero-order valence-corrected chi connectivity index (χ0v) is 8.89. The molecule has 1 aromatic rings. The van der Waals surface area contributed by atoms with Crippen LogP contribution < -0.4 is 5.32 Å². The molecule has 2 rings (SSSR count). The van der Waals surface area contributed by atoms with Crippen LogP contribution in [0.5, 0.6) is 0 Å². The second-order valence-corrected chi connectivity index (χ2v) is 3.65. The van der Waals surface area contributed by atoms with Gasteiger partial charge in [0.1, 0.15) is 0 Å². The average molecular weight is 232 g/mol. The number of nitro groups is 1. The lowest BCUT2D eigenvalue weighted by atomic mass is 10.0. The lowest BCUT2D eigenvalue weighted by Gasteiger charge is -2.03. The predicted molar refractivity (Wildman–Crippen MR) is 59.0 cm³/mol. The normalized spacial score (nSPS) is 14.5. The Hall–Kier alpha value is -2.50. The maximum Gasteiger partial charge on any atom is 0.277 e. The maximum absolute atomic E-state index is 11.4. The fraction of sp³-hybridized carbons (Fsp3) is 0.0909. The SMILES string of the molecule is Cc1ccc([N+](=O)[O-])c(C2=CC(=O)NC2=O)c1. The molecule has 6 nitrogen and oxygen atoms in total. The number of carbonyl (C=O) groups excluding carboxylic acids is 2. The number of nitrogens with one attached hydrogen (secondary N) is 1. The van der Waals surface area contributed by atoms with Gasteiger partial charge < -0.3 is 0 Å². The van der Waals surface area contributed by atoms with Crippen molar-refractivity contribution in [2.24, 2.45) is 0 Å². The fourth-order valence-electron chi connectivity index (χ4n) is 1.64. The lowest BCUT2D eigenvalue weighted by Crippen LogP contribution is -2.21. The summed E-state index contributed by atoms with van der Waals surface area (Å²) in [7, 11) is 0. The molecule has 1 aliphatic heterocycles. The van der Waals surface area contributed by atoms with Gasteiger partial charge in [-0.2, -0.15) is 0 Å². The summed E-state index contributed by atoms with van der Waals surface area (Å²) in [5.41, 5.74) is 0.786. The molecule has 1 aliphatic rings. The number of nitro benzene ring substituents is 1. The molecule has 0 unspecified atom stereocenters. The van der Waals surface area contributed by atoms with E-state index in [1.165, 1.54) is 12.1 Å².